The lowest BCUT2D eigenvalue weighted by Gasteiger charge is -2.42. The Morgan fingerprint density at radius 2 is 2.17 bits per heavy atom. The van der Waals surface area contributed by atoms with Crippen molar-refractivity contribution in [1.82, 2.24) is 4.90 Å². The highest BCUT2D eigenvalue weighted by atomic mass is 79.9. The molecule has 0 N–H and O–H groups in total. The number of alkyl halides is 1. The summed E-state index contributed by atoms with van der Waals surface area (Å²) < 4.78 is 4.89. The SMILES string of the molecule is CC(C)(C)OC(=O)N1CCCC2(Br)C(=O)CCC12. The number of rotatable bonds is 0. The number of ether oxygens (including phenoxy) is 1. The fraction of sp³-hybridized carbons (Fsp3) is 0.846. The zero-order valence-corrected chi connectivity index (χ0v) is 12.7. The van der Waals surface area contributed by atoms with Crippen molar-refractivity contribution in [3.63, 3.8) is 0 Å². The van der Waals surface area contributed by atoms with Crippen LogP contribution in [-0.4, -0.2) is 39.3 Å². The molecule has 0 aromatic heterocycles. The molecule has 2 atom stereocenters. The molecule has 1 aliphatic heterocycles. The van der Waals surface area contributed by atoms with E-state index in [1.165, 1.54) is 0 Å². The van der Waals surface area contributed by atoms with Gasteiger partial charge in [0, 0.05) is 13.0 Å². The fourth-order valence-electron chi connectivity index (χ4n) is 2.80. The van der Waals surface area contributed by atoms with Crippen LogP contribution in [0.3, 0.4) is 0 Å². The molecule has 0 aromatic rings. The molecule has 2 unspecified atom stereocenters. The monoisotopic (exact) mass is 317 g/mol. The van der Waals surface area contributed by atoms with Crippen LogP contribution in [0.1, 0.15) is 46.5 Å². The standard InChI is InChI=1S/C13H20BrNO3/c1-12(2,3)18-11(17)15-8-4-7-13(14)9(15)5-6-10(13)16/h9H,4-8H2,1-3H3. The Balaban J connectivity index is 2.15. The van der Waals surface area contributed by atoms with Gasteiger partial charge in [0.1, 0.15) is 9.93 Å². The average Bonchev–Trinajstić information content (AvgIpc) is 2.52. The third kappa shape index (κ3) is 2.42. The van der Waals surface area contributed by atoms with Gasteiger partial charge in [0.25, 0.3) is 0 Å². The third-order valence-electron chi connectivity index (χ3n) is 3.58. The normalized spacial score (nSPS) is 32.3. The van der Waals surface area contributed by atoms with Crippen molar-refractivity contribution in [1.29, 1.82) is 0 Å². The first-order chi connectivity index (χ1) is 8.24. The van der Waals surface area contributed by atoms with E-state index in [1.807, 2.05) is 20.8 Å². The fourth-order valence-corrected chi connectivity index (χ4v) is 3.76. The minimum Gasteiger partial charge on any atom is -0.444 e. The van der Waals surface area contributed by atoms with Gasteiger partial charge in [-0.2, -0.15) is 0 Å². The smallest absolute Gasteiger partial charge is 0.410 e. The molecule has 2 aliphatic rings. The van der Waals surface area contributed by atoms with E-state index in [9.17, 15) is 9.59 Å². The van der Waals surface area contributed by atoms with Gasteiger partial charge in [0.15, 0.2) is 5.78 Å². The Hall–Kier alpha value is -0.580. The van der Waals surface area contributed by atoms with E-state index in [1.54, 1.807) is 4.90 Å². The van der Waals surface area contributed by atoms with Gasteiger partial charge in [-0.25, -0.2) is 4.79 Å². The topological polar surface area (TPSA) is 46.6 Å². The van der Waals surface area contributed by atoms with Gasteiger partial charge < -0.3 is 9.64 Å². The van der Waals surface area contributed by atoms with Crippen molar-refractivity contribution < 1.29 is 14.3 Å². The molecule has 0 aromatic carbocycles. The second-order valence-corrected chi connectivity index (χ2v) is 7.53. The number of amides is 1. The molecule has 5 heteroatoms. The first-order valence-electron chi connectivity index (χ1n) is 6.46. The van der Waals surface area contributed by atoms with Crippen LogP contribution < -0.4 is 0 Å². The minimum absolute atomic E-state index is 0.0476. The lowest BCUT2D eigenvalue weighted by Crippen LogP contribution is -2.56. The second kappa shape index (κ2) is 4.51. The van der Waals surface area contributed by atoms with E-state index in [-0.39, 0.29) is 17.9 Å². The first kappa shape index (κ1) is 13.8. The number of carbonyl (C=O) groups excluding carboxylic acids is 2. The molecule has 1 aliphatic carbocycles. The molecule has 1 heterocycles. The van der Waals surface area contributed by atoms with Gasteiger partial charge in [-0.05, 0) is 40.0 Å². The van der Waals surface area contributed by atoms with Gasteiger partial charge in [-0.3, -0.25) is 4.79 Å². The van der Waals surface area contributed by atoms with E-state index in [0.29, 0.717) is 13.0 Å². The summed E-state index contributed by atoms with van der Waals surface area (Å²) in [6.07, 6.45) is 2.65. The predicted octanol–water partition coefficient (Wildman–Crippen LogP) is 2.88. The third-order valence-corrected chi connectivity index (χ3v) is 4.95. The van der Waals surface area contributed by atoms with Gasteiger partial charge in [-0.15, -0.1) is 0 Å². The summed E-state index contributed by atoms with van der Waals surface area (Å²) in [4.78, 5) is 25.9. The maximum atomic E-state index is 12.2. The maximum Gasteiger partial charge on any atom is 0.410 e. The number of hydrogen-bond donors (Lipinski definition) is 0. The lowest BCUT2D eigenvalue weighted by atomic mass is 9.91. The number of piperidine rings is 1. The quantitative estimate of drug-likeness (QED) is 0.645. The molecule has 102 valence electrons. The van der Waals surface area contributed by atoms with Crippen LogP contribution in [0.15, 0.2) is 0 Å². The number of carbonyl (C=O) groups is 2. The van der Waals surface area contributed by atoms with Crippen LogP contribution >= 0.6 is 15.9 Å². The van der Waals surface area contributed by atoms with Crippen LogP contribution in [0.2, 0.25) is 0 Å². The molecule has 1 amide bonds. The molecular weight excluding hydrogens is 298 g/mol. The molecule has 1 saturated heterocycles. The van der Waals surface area contributed by atoms with E-state index in [2.05, 4.69) is 15.9 Å². The van der Waals surface area contributed by atoms with E-state index in [0.717, 1.165) is 19.3 Å². The first-order valence-corrected chi connectivity index (χ1v) is 7.25. The summed E-state index contributed by atoms with van der Waals surface area (Å²) in [6.45, 7) is 6.25. The average molecular weight is 318 g/mol. The highest BCUT2D eigenvalue weighted by molar-refractivity contribution is 9.10. The summed E-state index contributed by atoms with van der Waals surface area (Å²) in [5.41, 5.74) is -0.494. The van der Waals surface area contributed by atoms with Gasteiger partial charge >= 0.3 is 6.09 Å². The number of fused-ring (bicyclic) bond motifs is 1. The van der Waals surface area contributed by atoms with Crippen molar-refractivity contribution in [2.75, 3.05) is 6.54 Å². The number of hydrogen-bond acceptors (Lipinski definition) is 3. The van der Waals surface area contributed by atoms with Crippen LogP contribution in [0, 0.1) is 0 Å². The van der Waals surface area contributed by atoms with Gasteiger partial charge in [0.05, 0.1) is 6.04 Å². The van der Waals surface area contributed by atoms with Gasteiger partial charge in [-0.1, -0.05) is 15.9 Å². The lowest BCUT2D eigenvalue weighted by molar-refractivity contribution is -0.120. The van der Waals surface area contributed by atoms with Crippen molar-refractivity contribution in [2.45, 2.75) is 62.4 Å². The molecule has 0 bridgehead atoms. The summed E-state index contributed by atoms with van der Waals surface area (Å²) in [5, 5.41) is 0. The van der Waals surface area contributed by atoms with E-state index >= 15 is 0 Å². The highest BCUT2D eigenvalue weighted by Crippen LogP contribution is 2.44. The molecule has 0 radical (unpaired) electrons. The van der Waals surface area contributed by atoms with E-state index < -0.39 is 9.93 Å². The van der Waals surface area contributed by atoms with Crippen molar-refractivity contribution in [3.8, 4) is 0 Å². The van der Waals surface area contributed by atoms with Crippen LogP contribution in [-0.2, 0) is 9.53 Å². The summed E-state index contributed by atoms with van der Waals surface area (Å²) in [5.74, 6) is 0.223. The molecular formula is C13H20BrNO3. The van der Waals surface area contributed by atoms with Crippen molar-refractivity contribution in [3.05, 3.63) is 0 Å². The van der Waals surface area contributed by atoms with E-state index in [4.69, 9.17) is 4.74 Å². The molecule has 2 rings (SSSR count). The summed E-state index contributed by atoms with van der Waals surface area (Å²) in [6, 6.07) is -0.0476. The molecule has 1 saturated carbocycles. The van der Waals surface area contributed by atoms with Crippen LogP contribution in [0.5, 0.6) is 0 Å². The molecule has 0 spiro atoms. The minimum atomic E-state index is -0.526. The molecule has 18 heavy (non-hydrogen) atoms. The highest BCUT2D eigenvalue weighted by Gasteiger charge is 2.53. The largest absolute Gasteiger partial charge is 0.444 e. The Morgan fingerprint density at radius 3 is 2.78 bits per heavy atom. The summed E-state index contributed by atoms with van der Waals surface area (Å²) in [7, 11) is 0. The zero-order valence-electron chi connectivity index (χ0n) is 11.2. The summed E-state index contributed by atoms with van der Waals surface area (Å²) >= 11 is 3.58. The predicted molar refractivity (Wildman–Crippen MR) is 71.9 cm³/mol. The van der Waals surface area contributed by atoms with Gasteiger partial charge in [0.2, 0.25) is 0 Å². The Kier molecular flexibility index (Phi) is 3.47. The van der Waals surface area contributed by atoms with Crippen molar-refractivity contribution in [2.24, 2.45) is 0 Å². The molecule has 2 fully saturated rings. The second-order valence-electron chi connectivity index (χ2n) is 6.12. The zero-order chi connectivity index (χ0) is 13.6. The molecule has 4 nitrogen and oxygen atoms in total. The number of halogens is 1. The number of Topliss-reactive ketones (excluding diaryl/α,β-unsaturated/α-hetero) is 1. The van der Waals surface area contributed by atoms with Crippen LogP contribution in [0.4, 0.5) is 4.79 Å². The number of ketones is 1. The Morgan fingerprint density at radius 1 is 1.50 bits per heavy atom. The van der Waals surface area contributed by atoms with Crippen molar-refractivity contribution >= 4 is 27.8 Å². The Labute approximate surface area is 116 Å². The number of nitrogens with zero attached hydrogens (tertiary/aromatic N) is 1. The van der Waals surface area contributed by atoms with Crippen LogP contribution in [0.25, 0.3) is 0 Å². The number of likely N-dealkylation sites (tertiary alicyclic amines) is 1. The Bertz CT molecular complexity index is 377. The maximum absolute atomic E-state index is 12.2.